The van der Waals surface area contributed by atoms with Gasteiger partial charge in [-0.1, -0.05) is 18.2 Å². The van der Waals surface area contributed by atoms with Gasteiger partial charge in [0.2, 0.25) is 0 Å². The van der Waals surface area contributed by atoms with Crippen LogP contribution in [0.5, 0.6) is 0 Å². The Morgan fingerprint density at radius 1 is 1.17 bits per heavy atom. The molecule has 126 valence electrons. The molecular formula is C18H20N2O4. The first kappa shape index (κ1) is 17.5. The van der Waals surface area contributed by atoms with Gasteiger partial charge >= 0.3 is 5.97 Å². The van der Waals surface area contributed by atoms with Gasteiger partial charge in [-0.15, -0.1) is 0 Å². The van der Waals surface area contributed by atoms with Crippen LogP contribution in [0.1, 0.15) is 36.7 Å². The second-order valence-corrected chi connectivity index (χ2v) is 6.32. The Labute approximate surface area is 140 Å². The van der Waals surface area contributed by atoms with Gasteiger partial charge in [0.25, 0.3) is 5.69 Å². The average Bonchev–Trinajstić information content (AvgIpc) is 2.52. The van der Waals surface area contributed by atoms with Crippen molar-refractivity contribution in [3.05, 3.63) is 69.8 Å². The third kappa shape index (κ3) is 4.81. The van der Waals surface area contributed by atoms with E-state index in [0.29, 0.717) is 11.1 Å². The fraction of sp³-hybridized carbons (Fsp3) is 0.278. The van der Waals surface area contributed by atoms with Crippen LogP contribution in [0.4, 0.5) is 11.4 Å². The minimum absolute atomic E-state index is 0.0364. The summed E-state index contributed by atoms with van der Waals surface area (Å²) in [6.07, 6.45) is 0. The van der Waals surface area contributed by atoms with Crippen molar-refractivity contribution in [2.24, 2.45) is 0 Å². The van der Waals surface area contributed by atoms with Crippen LogP contribution in [-0.4, -0.2) is 16.5 Å². The maximum absolute atomic E-state index is 12.2. The standard InChI is InChI=1S/C18H20N2O4/c1-18(2,3)24-17(21)13-9-10-16(20(22)23)14(11-13)12-19-15-7-5-4-6-8-15/h4-11,19H,12H2,1-3H3. The first-order chi connectivity index (χ1) is 11.3. The molecule has 0 saturated carbocycles. The predicted octanol–water partition coefficient (Wildman–Crippen LogP) is 4.16. The Morgan fingerprint density at radius 3 is 2.42 bits per heavy atom. The van der Waals surface area contributed by atoms with E-state index in [4.69, 9.17) is 4.74 Å². The van der Waals surface area contributed by atoms with Gasteiger partial charge in [-0.3, -0.25) is 10.1 Å². The molecule has 2 aromatic rings. The lowest BCUT2D eigenvalue weighted by atomic mass is 10.1. The van der Waals surface area contributed by atoms with Crippen LogP contribution in [0.3, 0.4) is 0 Å². The summed E-state index contributed by atoms with van der Waals surface area (Å²) in [6.45, 7) is 5.55. The SMILES string of the molecule is CC(C)(C)OC(=O)c1ccc([N+](=O)[O-])c(CNc2ccccc2)c1. The number of nitrogens with zero attached hydrogens (tertiary/aromatic N) is 1. The number of rotatable bonds is 5. The zero-order chi connectivity index (χ0) is 17.7. The van der Waals surface area contributed by atoms with Crippen LogP contribution < -0.4 is 5.32 Å². The van der Waals surface area contributed by atoms with Gasteiger partial charge < -0.3 is 10.1 Å². The summed E-state index contributed by atoms with van der Waals surface area (Å²) in [5, 5.41) is 14.3. The van der Waals surface area contributed by atoms with Gasteiger partial charge in [0.1, 0.15) is 5.60 Å². The average molecular weight is 328 g/mol. The molecule has 0 amide bonds. The maximum Gasteiger partial charge on any atom is 0.338 e. The molecule has 0 spiro atoms. The molecule has 1 N–H and O–H groups in total. The summed E-state index contributed by atoms with van der Waals surface area (Å²) in [7, 11) is 0. The lowest BCUT2D eigenvalue weighted by Crippen LogP contribution is -2.24. The molecule has 0 saturated heterocycles. The lowest BCUT2D eigenvalue weighted by Gasteiger charge is -2.19. The van der Waals surface area contributed by atoms with E-state index in [1.54, 1.807) is 20.8 Å². The molecule has 2 aromatic carbocycles. The summed E-state index contributed by atoms with van der Waals surface area (Å²) in [4.78, 5) is 22.9. The summed E-state index contributed by atoms with van der Waals surface area (Å²) in [6, 6.07) is 13.6. The van der Waals surface area contributed by atoms with Gasteiger partial charge in [0, 0.05) is 23.9 Å². The minimum atomic E-state index is -0.624. The van der Waals surface area contributed by atoms with Crippen molar-refractivity contribution in [2.75, 3.05) is 5.32 Å². The van der Waals surface area contributed by atoms with E-state index in [2.05, 4.69) is 5.32 Å². The normalized spacial score (nSPS) is 11.0. The number of hydrogen-bond acceptors (Lipinski definition) is 5. The Balaban J connectivity index is 2.24. The van der Waals surface area contributed by atoms with E-state index in [-0.39, 0.29) is 12.2 Å². The fourth-order valence-electron chi connectivity index (χ4n) is 2.12. The second kappa shape index (κ2) is 7.12. The number of anilines is 1. The molecule has 0 bridgehead atoms. The molecule has 0 unspecified atom stereocenters. The number of benzene rings is 2. The van der Waals surface area contributed by atoms with Crippen LogP contribution >= 0.6 is 0 Å². The Morgan fingerprint density at radius 2 is 1.83 bits per heavy atom. The topological polar surface area (TPSA) is 81.5 Å². The van der Waals surface area contributed by atoms with Gasteiger partial charge in [-0.2, -0.15) is 0 Å². The first-order valence-electron chi connectivity index (χ1n) is 7.56. The highest BCUT2D eigenvalue weighted by Crippen LogP contribution is 2.23. The molecule has 0 heterocycles. The zero-order valence-corrected chi connectivity index (χ0v) is 13.9. The highest BCUT2D eigenvalue weighted by molar-refractivity contribution is 5.90. The van der Waals surface area contributed by atoms with Gasteiger partial charge in [0.15, 0.2) is 0 Å². The van der Waals surface area contributed by atoms with E-state index < -0.39 is 16.5 Å². The monoisotopic (exact) mass is 328 g/mol. The molecule has 2 rings (SSSR count). The summed E-state index contributed by atoms with van der Waals surface area (Å²) in [5.41, 5.74) is 0.897. The van der Waals surface area contributed by atoms with E-state index in [9.17, 15) is 14.9 Å². The van der Waals surface area contributed by atoms with Crippen LogP contribution in [0, 0.1) is 10.1 Å². The third-order valence-corrected chi connectivity index (χ3v) is 3.17. The summed E-state index contributed by atoms with van der Waals surface area (Å²) in [5.74, 6) is -0.502. The highest BCUT2D eigenvalue weighted by atomic mass is 16.6. The fourth-order valence-corrected chi connectivity index (χ4v) is 2.12. The number of carbonyl (C=O) groups excluding carboxylic acids is 1. The van der Waals surface area contributed by atoms with E-state index in [1.807, 2.05) is 30.3 Å². The predicted molar refractivity (Wildman–Crippen MR) is 92.0 cm³/mol. The number of nitrogens with one attached hydrogen (secondary N) is 1. The minimum Gasteiger partial charge on any atom is -0.456 e. The number of nitro benzene ring substituents is 1. The molecule has 0 fully saturated rings. The van der Waals surface area contributed by atoms with Crippen molar-refractivity contribution in [1.29, 1.82) is 0 Å². The molecule has 6 heteroatoms. The third-order valence-electron chi connectivity index (χ3n) is 3.17. The van der Waals surface area contributed by atoms with Crippen molar-refractivity contribution in [3.8, 4) is 0 Å². The number of para-hydroxylation sites is 1. The second-order valence-electron chi connectivity index (χ2n) is 6.32. The number of hydrogen-bond donors (Lipinski definition) is 1. The molecule has 0 aliphatic rings. The number of esters is 1. The van der Waals surface area contributed by atoms with E-state index in [1.165, 1.54) is 18.2 Å². The van der Waals surface area contributed by atoms with Crippen LogP contribution in [0.2, 0.25) is 0 Å². The zero-order valence-electron chi connectivity index (χ0n) is 13.9. The van der Waals surface area contributed by atoms with Crippen molar-refractivity contribution < 1.29 is 14.5 Å². The molecule has 6 nitrogen and oxygen atoms in total. The highest BCUT2D eigenvalue weighted by Gasteiger charge is 2.21. The Bertz CT molecular complexity index is 736. The van der Waals surface area contributed by atoms with Crippen molar-refractivity contribution in [3.63, 3.8) is 0 Å². The number of carbonyl (C=O) groups is 1. The van der Waals surface area contributed by atoms with Crippen LogP contribution in [-0.2, 0) is 11.3 Å². The van der Waals surface area contributed by atoms with Crippen molar-refractivity contribution >= 4 is 17.3 Å². The molecule has 0 aliphatic heterocycles. The molecule has 0 atom stereocenters. The number of nitro groups is 1. The lowest BCUT2D eigenvalue weighted by molar-refractivity contribution is -0.385. The smallest absolute Gasteiger partial charge is 0.338 e. The van der Waals surface area contributed by atoms with Gasteiger partial charge in [0.05, 0.1) is 10.5 Å². The number of ether oxygens (including phenoxy) is 1. The summed E-state index contributed by atoms with van der Waals surface area (Å²) >= 11 is 0. The maximum atomic E-state index is 12.2. The molecule has 0 aliphatic carbocycles. The van der Waals surface area contributed by atoms with Crippen molar-refractivity contribution in [1.82, 2.24) is 0 Å². The molecule has 0 radical (unpaired) electrons. The molecule has 24 heavy (non-hydrogen) atoms. The van der Waals surface area contributed by atoms with Crippen molar-refractivity contribution in [2.45, 2.75) is 32.9 Å². The van der Waals surface area contributed by atoms with Gasteiger partial charge in [-0.25, -0.2) is 4.79 Å². The summed E-state index contributed by atoms with van der Waals surface area (Å²) < 4.78 is 5.31. The van der Waals surface area contributed by atoms with Crippen LogP contribution in [0.25, 0.3) is 0 Å². The first-order valence-corrected chi connectivity index (χ1v) is 7.56. The quantitative estimate of drug-likeness (QED) is 0.506. The Hall–Kier alpha value is -2.89. The van der Waals surface area contributed by atoms with E-state index >= 15 is 0 Å². The molecular weight excluding hydrogens is 308 g/mol. The Kier molecular flexibility index (Phi) is 5.18. The van der Waals surface area contributed by atoms with Gasteiger partial charge in [-0.05, 0) is 45.0 Å². The molecule has 0 aromatic heterocycles. The van der Waals surface area contributed by atoms with E-state index in [0.717, 1.165) is 5.69 Å². The largest absolute Gasteiger partial charge is 0.456 e. The van der Waals surface area contributed by atoms with Crippen LogP contribution in [0.15, 0.2) is 48.5 Å².